The number of rotatable bonds is 2. The van der Waals surface area contributed by atoms with Gasteiger partial charge in [0.05, 0.1) is 11.6 Å². The van der Waals surface area contributed by atoms with Crippen molar-refractivity contribution in [2.75, 3.05) is 7.11 Å². The zero-order valence-electron chi connectivity index (χ0n) is 17.3. The maximum Gasteiger partial charge on any atom is 0.150 e. The van der Waals surface area contributed by atoms with Crippen LogP contribution in [0.15, 0.2) is 42.5 Å². The van der Waals surface area contributed by atoms with E-state index in [1.165, 1.54) is 44.4 Å². The highest BCUT2D eigenvalue weighted by molar-refractivity contribution is 5.86. The van der Waals surface area contributed by atoms with Crippen molar-refractivity contribution >= 4 is 17.2 Å². The van der Waals surface area contributed by atoms with Crippen LogP contribution in [0.3, 0.4) is 0 Å². The molecule has 0 atom stereocenters. The number of benzene rings is 2. The van der Waals surface area contributed by atoms with Crippen LogP contribution in [-0.4, -0.2) is 24.5 Å². The predicted octanol–water partition coefficient (Wildman–Crippen LogP) is 6.67. The Hall–Kier alpha value is -2.60. The van der Waals surface area contributed by atoms with Gasteiger partial charge in [0.2, 0.25) is 0 Å². The number of nitrogens with one attached hydrogen (secondary N) is 1. The maximum absolute atomic E-state index is 13.5. The molecule has 0 saturated heterocycles. The van der Waals surface area contributed by atoms with Gasteiger partial charge in [0.25, 0.3) is 0 Å². The lowest BCUT2D eigenvalue weighted by Crippen LogP contribution is -2.18. The highest BCUT2D eigenvalue weighted by atomic mass is 19.1. The summed E-state index contributed by atoms with van der Waals surface area (Å²) in [6.45, 7) is 5.44. The van der Waals surface area contributed by atoms with Gasteiger partial charge in [-0.25, -0.2) is 13.2 Å². The number of carbonyl (C=O) groups is 1. The summed E-state index contributed by atoms with van der Waals surface area (Å²) in [5.41, 5.74) is 1.58. The summed E-state index contributed by atoms with van der Waals surface area (Å²) in [5, 5.41) is 0.451. The van der Waals surface area contributed by atoms with Crippen molar-refractivity contribution < 1.29 is 22.7 Å². The molecular formula is C23H28F3NO2. The minimum Gasteiger partial charge on any atom is -0.381 e. The van der Waals surface area contributed by atoms with Gasteiger partial charge in [-0.2, -0.15) is 0 Å². The number of halogens is 3. The summed E-state index contributed by atoms with van der Waals surface area (Å²) < 4.78 is 44.4. The van der Waals surface area contributed by atoms with Gasteiger partial charge >= 0.3 is 0 Å². The monoisotopic (exact) mass is 407 g/mol. The van der Waals surface area contributed by atoms with Crippen molar-refractivity contribution in [3.05, 3.63) is 59.9 Å². The van der Waals surface area contributed by atoms with E-state index >= 15 is 0 Å². The molecule has 1 aromatic heterocycles. The Balaban J connectivity index is 0.000000318. The van der Waals surface area contributed by atoms with Gasteiger partial charge in [-0.3, -0.25) is 0 Å². The Morgan fingerprint density at radius 1 is 1.00 bits per heavy atom. The fraction of sp³-hybridized carbons (Fsp3) is 0.348. The molecule has 4 rings (SSSR count). The van der Waals surface area contributed by atoms with Crippen molar-refractivity contribution in [2.45, 2.75) is 46.1 Å². The molecule has 0 unspecified atom stereocenters. The minimum absolute atomic E-state index is 0.246. The lowest BCUT2D eigenvalue weighted by atomic mass is 9.96. The molecule has 0 spiro atoms. The number of aromatic nitrogens is 1. The van der Waals surface area contributed by atoms with Crippen molar-refractivity contribution in [3.63, 3.8) is 0 Å². The summed E-state index contributed by atoms with van der Waals surface area (Å²) in [5.74, 6) is -1.60. The minimum atomic E-state index is -0.640. The topological polar surface area (TPSA) is 42.1 Å². The molecule has 0 amide bonds. The zero-order valence-corrected chi connectivity index (χ0v) is 17.3. The van der Waals surface area contributed by atoms with Crippen LogP contribution in [-0.2, 0) is 9.53 Å². The largest absolute Gasteiger partial charge is 0.381 e. The molecule has 1 aliphatic rings. The third-order valence-corrected chi connectivity index (χ3v) is 4.19. The first-order valence-corrected chi connectivity index (χ1v) is 9.64. The van der Waals surface area contributed by atoms with E-state index in [-0.39, 0.29) is 11.3 Å². The first-order valence-electron chi connectivity index (χ1n) is 9.64. The van der Waals surface area contributed by atoms with Crippen LogP contribution in [0.5, 0.6) is 0 Å². The van der Waals surface area contributed by atoms with Crippen LogP contribution in [0.2, 0.25) is 0 Å². The quantitative estimate of drug-likeness (QED) is 0.482. The summed E-state index contributed by atoms with van der Waals surface area (Å²) in [6, 6.07) is 9.50. The normalized spacial score (nSPS) is 12.4. The molecule has 158 valence electrons. The third-order valence-electron chi connectivity index (χ3n) is 4.19. The number of aldehydes is 1. The Morgan fingerprint density at radius 3 is 2.03 bits per heavy atom. The molecule has 1 heterocycles. The summed E-state index contributed by atoms with van der Waals surface area (Å²) >= 11 is 0. The smallest absolute Gasteiger partial charge is 0.150 e. The van der Waals surface area contributed by atoms with Crippen molar-refractivity contribution in [1.82, 2.24) is 4.98 Å². The molecular weight excluding hydrogens is 379 g/mol. The molecule has 3 aromatic rings. The van der Waals surface area contributed by atoms with Crippen molar-refractivity contribution in [1.29, 1.82) is 0 Å². The second-order valence-corrected chi connectivity index (χ2v) is 6.07. The molecule has 1 saturated carbocycles. The molecule has 1 fully saturated rings. The van der Waals surface area contributed by atoms with E-state index < -0.39 is 11.6 Å². The van der Waals surface area contributed by atoms with Crippen LogP contribution < -0.4 is 0 Å². The average Bonchev–Trinajstić information content (AvgIpc) is 3.09. The van der Waals surface area contributed by atoms with Crippen LogP contribution in [0.25, 0.3) is 22.2 Å². The van der Waals surface area contributed by atoms with Gasteiger partial charge in [-0.05, 0) is 68.1 Å². The fourth-order valence-electron chi connectivity index (χ4n) is 2.56. The molecule has 0 aliphatic heterocycles. The first-order chi connectivity index (χ1) is 14.0. The highest BCUT2D eigenvalue weighted by Gasteiger charge is 2.14. The number of hydrogen-bond acceptors (Lipinski definition) is 2. The lowest BCUT2D eigenvalue weighted by Gasteiger charge is -2.22. The SMILES string of the molecule is CC.CC=O.COC1CCC1.Fc1ccc(-c2cc3cc(F)cc(F)c3[nH]2)cc1. The standard InChI is InChI=1S/C14H8F3N.C5H10O.C2H4O.C2H6/c15-10-3-1-8(2-4-10)13-6-9-5-11(16)7-12(17)14(9)18-13;1-6-5-3-2-4-5;1-2-3;1-2/h1-7,18H;5H,2-4H2,1H3;2H,1H3;1-2H3. The molecule has 1 N–H and O–H groups in total. The van der Waals surface area contributed by atoms with E-state index in [9.17, 15) is 13.2 Å². The number of fused-ring (bicyclic) bond motifs is 1. The van der Waals surface area contributed by atoms with E-state index in [0.717, 1.165) is 12.4 Å². The summed E-state index contributed by atoms with van der Waals surface area (Å²) in [6.07, 6.45) is 5.32. The Kier molecular flexibility index (Phi) is 10.8. The molecule has 6 heteroatoms. The van der Waals surface area contributed by atoms with E-state index in [4.69, 9.17) is 9.53 Å². The molecule has 0 radical (unpaired) electrons. The molecule has 29 heavy (non-hydrogen) atoms. The van der Waals surface area contributed by atoms with Crippen LogP contribution >= 0.6 is 0 Å². The Labute approximate surface area is 169 Å². The second kappa shape index (κ2) is 12.8. The third kappa shape index (κ3) is 7.38. The predicted molar refractivity (Wildman–Crippen MR) is 111 cm³/mol. The van der Waals surface area contributed by atoms with Gasteiger partial charge in [-0.1, -0.05) is 13.8 Å². The van der Waals surface area contributed by atoms with Crippen LogP contribution in [0, 0.1) is 17.5 Å². The lowest BCUT2D eigenvalue weighted by molar-refractivity contribution is -0.106. The number of H-pyrrole nitrogens is 1. The highest BCUT2D eigenvalue weighted by Crippen LogP contribution is 2.26. The van der Waals surface area contributed by atoms with Gasteiger partial charge in [-0.15, -0.1) is 0 Å². The average molecular weight is 407 g/mol. The Bertz CT molecular complexity index is 869. The molecule has 3 nitrogen and oxygen atoms in total. The Morgan fingerprint density at radius 2 is 1.59 bits per heavy atom. The fourth-order valence-corrected chi connectivity index (χ4v) is 2.56. The van der Waals surface area contributed by atoms with Gasteiger partial charge < -0.3 is 14.5 Å². The van der Waals surface area contributed by atoms with Gasteiger partial charge in [0.15, 0.2) is 0 Å². The van der Waals surface area contributed by atoms with Gasteiger partial charge in [0, 0.05) is 24.3 Å². The first kappa shape index (κ1) is 24.4. The molecule has 2 aromatic carbocycles. The van der Waals surface area contributed by atoms with Gasteiger partial charge in [0.1, 0.15) is 23.7 Å². The second-order valence-electron chi connectivity index (χ2n) is 6.07. The number of aromatic amines is 1. The summed E-state index contributed by atoms with van der Waals surface area (Å²) in [7, 11) is 1.78. The summed E-state index contributed by atoms with van der Waals surface area (Å²) in [4.78, 5) is 11.7. The number of carbonyl (C=O) groups excluding carboxylic acids is 1. The van der Waals surface area contributed by atoms with E-state index in [1.54, 1.807) is 25.3 Å². The maximum atomic E-state index is 13.5. The van der Waals surface area contributed by atoms with Crippen LogP contribution in [0.4, 0.5) is 13.2 Å². The number of methoxy groups -OCH3 is 1. The van der Waals surface area contributed by atoms with E-state index in [2.05, 4.69) is 4.98 Å². The number of hydrogen-bond donors (Lipinski definition) is 1. The van der Waals surface area contributed by atoms with E-state index in [0.29, 0.717) is 22.7 Å². The molecule has 0 bridgehead atoms. The van der Waals surface area contributed by atoms with Crippen LogP contribution in [0.1, 0.15) is 40.0 Å². The van der Waals surface area contributed by atoms with Crippen molar-refractivity contribution in [2.24, 2.45) is 0 Å². The zero-order chi connectivity index (χ0) is 21.8. The molecule has 1 aliphatic carbocycles. The number of ether oxygens (including phenoxy) is 1. The van der Waals surface area contributed by atoms with E-state index in [1.807, 2.05) is 13.8 Å². The van der Waals surface area contributed by atoms with Crippen molar-refractivity contribution in [3.8, 4) is 11.3 Å².